The summed E-state index contributed by atoms with van der Waals surface area (Å²) in [5.41, 5.74) is 2.34. The maximum atomic E-state index is 10.6. The molecule has 0 radical (unpaired) electrons. The molecule has 0 aromatic carbocycles. The van der Waals surface area contributed by atoms with Gasteiger partial charge in [-0.05, 0) is 52.1 Å². The molecule has 1 fully saturated rings. The minimum atomic E-state index is -0.675. The van der Waals surface area contributed by atoms with Crippen molar-refractivity contribution in [2.45, 2.75) is 46.1 Å². The van der Waals surface area contributed by atoms with Crippen molar-refractivity contribution >= 4 is 5.97 Å². The molecule has 0 spiro atoms. The third kappa shape index (κ3) is 3.60. The number of likely N-dealkylation sites (tertiary alicyclic amines) is 1. The highest BCUT2D eigenvalue weighted by Gasteiger charge is 2.21. The van der Waals surface area contributed by atoms with Crippen LogP contribution in [-0.2, 0) is 18.4 Å². The lowest BCUT2D eigenvalue weighted by molar-refractivity contribution is -0.137. The number of aliphatic carboxylic acids is 1. The first-order chi connectivity index (χ1) is 9.47. The highest BCUT2D eigenvalue weighted by Crippen LogP contribution is 2.23. The van der Waals surface area contributed by atoms with Gasteiger partial charge in [-0.25, -0.2) is 4.98 Å². The van der Waals surface area contributed by atoms with E-state index < -0.39 is 5.97 Å². The van der Waals surface area contributed by atoms with Gasteiger partial charge in [-0.15, -0.1) is 0 Å². The number of aryl methyl sites for hydroxylation is 1. The van der Waals surface area contributed by atoms with Crippen LogP contribution in [0.5, 0.6) is 0 Å². The molecule has 1 aliphatic rings. The highest BCUT2D eigenvalue weighted by atomic mass is 16.4. The largest absolute Gasteiger partial charge is 0.481 e. The van der Waals surface area contributed by atoms with Crippen LogP contribution < -0.4 is 0 Å². The van der Waals surface area contributed by atoms with Gasteiger partial charge in [-0.1, -0.05) is 0 Å². The number of aromatic nitrogens is 2. The lowest BCUT2D eigenvalue weighted by atomic mass is 9.92. The summed E-state index contributed by atoms with van der Waals surface area (Å²) in [7, 11) is 2.07. The van der Waals surface area contributed by atoms with Crippen molar-refractivity contribution in [1.82, 2.24) is 14.5 Å². The Morgan fingerprint density at radius 1 is 1.35 bits per heavy atom. The second-order valence-corrected chi connectivity index (χ2v) is 5.91. The Kier molecular flexibility index (Phi) is 4.81. The van der Waals surface area contributed by atoms with E-state index in [1.165, 1.54) is 5.69 Å². The number of imidazole rings is 1. The molecule has 1 N–H and O–H groups in total. The Bertz CT molecular complexity index is 474. The van der Waals surface area contributed by atoms with E-state index in [9.17, 15) is 4.79 Å². The molecule has 1 aromatic rings. The standard InChI is InChI=1S/C15H25N3O2/c1-11-12(2)17(3)14(16-11)10-18-8-6-13(7-9-18)4-5-15(19)20/h13H,4-10H2,1-3H3,(H,19,20). The van der Waals surface area contributed by atoms with Gasteiger partial charge in [0.05, 0.1) is 12.2 Å². The van der Waals surface area contributed by atoms with Gasteiger partial charge in [0.25, 0.3) is 0 Å². The molecule has 0 bridgehead atoms. The summed E-state index contributed by atoms with van der Waals surface area (Å²) in [5, 5.41) is 8.73. The lowest BCUT2D eigenvalue weighted by Gasteiger charge is -2.31. The average molecular weight is 279 g/mol. The van der Waals surface area contributed by atoms with Crippen molar-refractivity contribution in [3.8, 4) is 0 Å². The summed E-state index contributed by atoms with van der Waals surface area (Å²) in [4.78, 5) is 17.7. The molecule has 5 heteroatoms. The van der Waals surface area contributed by atoms with Crippen LogP contribution in [0.2, 0.25) is 0 Å². The maximum Gasteiger partial charge on any atom is 0.303 e. The Morgan fingerprint density at radius 2 is 2.00 bits per heavy atom. The second-order valence-electron chi connectivity index (χ2n) is 5.91. The quantitative estimate of drug-likeness (QED) is 0.897. The average Bonchev–Trinajstić information content (AvgIpc) is 2.65. The van der Waals surface area contributed by atoms with Crippen LogP contribution in [0.15, 0.2) is 0 Å². The Hall–Kier alpha value is -1.36. The Labute approximate surface area is 120 Å². The molecule has 0 aliphatic carbocycles. The van der Waals surface area contributed by atoms with E-state index in [-0.39, 0.29) is 0 Å². The number of piperidine rings is 1. The van der Waals surface area contributed by atoms with Crippen LogP contribution in [-0.4, -0.2) is 38.6 Å². The van der Waals surface area contributed by atoms with Gasteiger partial charge in [-0.2, -0.15) is 0 Å². The first kappa shape index (κ1) is 15.0. The number of carbonyl (C=O) groups is 1. The van der Waals surface area contributed by atoms with Gasteiger partial charge >= 0.3 is 5.97 Å². The fraction of sp³-hybridized carbons (Fsp3) is 0.733. The van der Waals surface area contributed by atoms with Gasteiger partial charge in [0.2, 0.25) is 0 Å². The van der Waals surface area contributed by atoms with Crippen LogP contribution in [0, 0.1) is 19.8 Å². The van der Waals surface area contributed by atoms with Crippen LogP contribution in [0.25, 0.3) is 0 Å². The van der Waals surface area contributed by atoms with Gasteiger partial charge in [-0.3, -0.25) is 9.69 Å². The first-order valence-corrected chi connectivity index (χ1v) is 7.40. The molecule has 0 saturated carbocycles. The summed E-state index contributed by atoms with van der Waals surface area (Å²) in [6.07, 6.45) is 3.34. The van der Waals surface area contributed by atoms with Crippen LogP contribution >= 0.6 is 0 Å². The topological polar surface area (TPSA) is 58.4 Å². The van der Waals surface area contributed by atoms with E-state index in [1.807, 2.05) is 0 Å². The summed E-state index contributed by atoms with van der Waals surface area (Å²) >= 11 is 0. The number of hydrogen-bond acceptors (Lipinski definition) is 3. The molecule has 0 unspecified atom stereocenters. The van der Waals surface area contributed by atoms with Crippen LogP contribution in [0.4, 0.5) is 0 Å². The van der Waals surface area contributed by atoms with Crippen LogP contribution in [0.1, 0.15) is 42.9 Å². The number of hydrogen-bond donors (Lipinski definition) is 1. The third-order valence-electron chi connectivity index (χ3n) is 4.55. The monoisotopic (exact) mass is 279 g/mol. The zero-order valence-corrected chi connectivity index (χ0v) is 12.7. The predicted molar refractivity (Wildman–Crippen MR) is 77.6 cm³/mol. The van der Waals surface area contributed by atoms with E-state index in [0.717, 1.165) is 50.4 Å². The fourth-order valence-electron chi connectivity index (χ4n) is 2.89. The van der Waals surface area contributed by atoms with Crippen molar-refractivity contribution in [3.05, 3.63) is 17.2 Å². The number of carboxylic acid groups (broad SMARTS) is 1. The molecule has 112 valence electrons. The van der Waals surface area contributed by atoms with Crippen molar-refractivity contribution in [2.24, 2.45) is 13.0 Å². The first-order valence-electron chi connectivity index (χ1n) is 7.40. The van der Waals surface area contributed by atoms with Crippen molar-refractivity contribution in [1.29, 1.82) is 0 Å². The summed E-state index contributed by atoms with van der Waals surface area (Å²) in [6.45, 7) is 7.16. The molecule has 1 saturated heterocycles. The molecule has 2 heterocycles. The molecule has 20 heavy (non-hydrogen) atoms. The molecule has 2 rings (SSSR count). The number of carboxylic acids is 1. The smallest absolute Gasteiger partial charge is 0.303 e. The zero-order chi connectivity index (χ0) is 14.7. The molecule has 1 aliphatic heterocycles. The zero-order valence-electron chi connectivity index (χ0n) is 12.7. The SMILES string of the molecule is Cc1nc(CN2CCC(CCC(=O)O)CC2)n(C)c1C. The molecule has 0 atom stereocenters. The molecular formula is C15H25N3O2. The summed E-state index contributed by atoms with van der Waals surface area (Å²) in [6, 6.07) is 0. The van der Waals surface area contributed by atoms with Gasteiger partial charge in [0.1, 0.15) is 5.82 Å². The van der Waals surface area contributed by atoms with Crippen molar-refractivity contribution in [3.63, 3.8) is 0 Å². The third-order valence-corrected chi connectivity index (χ3v) is 4.55. The van der Waals surface area contributed by atoms with E-state index in [2.05, 4.69) is 35.3 Å². The number of rotatable bonds is 5. The summed E-state index contributed by atoms with van der Waals surface area (Å²) in [5.74, 6) is 1.03. The maximum absolute atomic E-state index is 10.6. The minimum absolute atomic E-state index is 0.308. The van der Waals surface area contributed by atoms with E-state index in [1.54, 1.807) is 0 Å². The predicted octanol–water partition coefficient (Wildman–Crippen LogP) is 2.11. The molecular weight excluding hydrogens is 254 g/mol. The normalized spacial score (nSPS) is 17.6. The lowest BCUT2D eigenvalue weighted by Crippen LogP contribution is -2.34. The number of nitrogens with zero attached hydrogens (tertiary/aromatic N) is 3. The Balaban J connectivity index is 1.82. The van der Waals surface area contributed by atoms with Gasteiger partial charge in [0, 0.05) is 19.2 Å². The van der Waals surface area contributed by atoms with Gasteiger partial charge in [0.15, 0.2) is 0 Å². The summed E-state index contributed by atoms with van der Waals surface area (Å²) < 4.78 is 2.17. The minimum Gasteiger partial charge on any atom is -0.481 e. The van der Waals surface area contributed by atoms with Crippen LogP contribution in [0.3, 0.4) is 0 Å². The molecule has 5 nitrogen and oxygen atoms in total. The highest BCUT2D eigenvalue weighted by molar-refractivity contribution is 5.66. The Morgan fingerprint density at radius 3 is 2.50 bits per heavy atom. The van der Waals surface area contributed by atoms with E-state index >= 15 is 0 Å². The molecule has 0 amide bonds. The van der Waals surface area contributed by atoms with Crippen molar-refractivity contribution < 1.29 is 9.90 Å². The fourth-order valence-corrected chi connectivity index (χ4v) is 2.89. The van der Waals surface area contributed by atoms with Crippen molar-refractivity contribution in [2.75, 3.05) is 13.1 Å². The van der Waals surface area contributed by atoms with E-state index in [0.29, 0.717) is 12.3 Å². The molecule has 1 aromatic heterocycles. The van der Waals surface area contributed by atoms with Gasteiger partial charge < -0.3 is 9.67 Å². The second kappa shape index (κ2) is 6.39. The van der Waals surface area contributed by atoms with E-state index in [4.69, 9.17) is 5.11 Å².